The molecule has 0 spiro atoms. The van der Waals surface area contributed by atoms with E-state index in [1.165, 1.54) is 0 Å². The van der Waals surface area contributed by atoms with Gasteiger partial charge in [0.25, 0.3) is 5.91 Å². The number of H-pyrrole nitrogens is 1. The molecule has 0 saturated heterocycles. The molecule has 4 nitrogen and oxygen atoms in total. The summed E-state index contributed by atoms with van der Waals surface area (Å²) in [6.07, 6.45) is 8.14. The Morgan fingerprint density at radius 2 is 2.73 bits per heavy atom. The Hall–Kier alpha value is -1.76. The first-order valence-corrected chi connectivity index (χ1v) is 3.05. The number of aromatic amines is 1. The average Bonchev–Trinajstić information content (AvgIpc) is 2.52. The molecule has 0 fully saturated rings. The molecule has 0 radical (unpaired) electrons. The van der Waals surface area contributed by atoms with Crippen molar-refractivity contribution in [2.45, 2.75) is 6.54 Å². The Bertz CT molecular complexity index is 270. The van der Waals surface area contributed by atoms with Crippen LogP contribution in [0.3, 0.4) is 0 Å². The molecule has 1 heterocycles. The summed E-state index contributed by atoms with van der Waals surface area (Å²) >= 11 is 0. The Balaban J connectivity index is 2.36. The first-order valence-electron chi connectivity index (χ1n) is 3.05. The van der Waals surface area contributed by atoms with E-state index < -0.39 is 5.91 Å². The first-order chi connectivity index (χ1) is 5.33. The smallest absolute Gasteiger partial charge is 0.295 e. The van der Waals surface area contributed by atoms with Crippen molar-refractivity contribution in [3.8, 4) is 12.3 Å². The molecule has 1 rings (SSSR count). The molecule has 56 valence electrons. The first kappa shape index (κ1) is 7.35. The topological polar surface area (TPSA) is 57.8 Å². The van der Waals surface area contributed by atoms with Crippen molar-refractivity contribution in [3.63, 3.8) is 0 Å². The van der Waals surface area contributed by atoms with Crippen molar-refractivity contribution < 1.29 is 4.79 Å². The molecular weight excluding hydrogens is 142 g/mol. The second-order valence-electron chi connectivity index (χ2n) is 1.93. The van der Waals surface area contributed by atoms with E-state index in [1.54, 1.807) is 12.4 Å². The molecule has 0 aliphatic carbocycles. The van der Waals surface area contributed by atoms with Gasteiger partial charge in [-0.3, -0.25) is 9.89 Å². The van der Waals surface area contributed by atoms with Crippen LogP contribution in [0.1, 0.15) is 5.56 Å². The van der Waals surface area contributed by atoms with E-state index in [1.807, 2.05) is 5.92 Å². The van der Waals surface area contributed by atoms with Gasteiger partial charge in [0.1, 0.15) is 0 Å². The fourth-order valence-corrected chi connectivity index (χ4v) is 0.608. The molecule has 2 N–H and O–H groups in total. The predicted octanol–water partition coefficient (Wildman–Crippen LogP) is -0.341. The number of carbonyl (C=O) groups excluding carboxylic acids is 1. The highest BCUT2D eigenvalue weighted by molar-refractivity contribution is 5.92. The highest BCUT2D eigenvalue weighted by atomic mass is 16.1. The molecule has 0 bridgehead atoms. The van der Waals surface area contributed by atoms with Gasteiger partial charge in [0.05, 0.1) is 6.20 Å². The number of hydrogen-bond acceptors (Lipinski definition) is 2. The Morgan fingerprint density at radius 1 is 1.91 bits per heavy atom. The maximum Gasteiger partial charge on any atom is 0.295 e. The second-order valence-corrected chi connectivity index (χ2v) is 1.93. The van der Waals surface area contributed by atoms with Crippen LogP contribution in [0.2, 0.25) is 0 Å². The maximum absolute atomic E-state index is 10.5. The molecule has 0 aliphatic rings. The number of rotatable bonds is 2. The number of aromatic nitrogens is 2. The standard InChI is InChI=1S/C7H7N3O/c1-2-7(11)8-3-6-4-9-10-5-6/h1,4-5H,3H2,(H,8,11)(H,9,10). The molecule has 0 aliphatic heterocycles. The molecule has 11 heavy (non-hydrogen) atoms. The average molecular weight is 149 g/mol. The number of amides is 1. The van der Waals surface area contributed by atoms with Crippen molar-refractivity contribution in [1.82, 2.24) is 15.5 Å². The van der Waals surface area contributed by atoms with E-state index in [4.69, 9.17) is 6.42 Å². The van der Waals surface area contributed by atoms with Crippen molar-refractivity contribution in [2.24, 2.45) is 0 Å². The van der Waals surface area contributed by atoms with Gasteiger partial charge in [0, 0.05) is 18.3 Å². The van der Waals surface area contributed by atoms with Gasteiger partial charge < -0.3 is 5.32 Å². The number of hydrogen-bond donors (Lipinski definition) is 2. The van der Waals surface area contributed by atoms with Crippen LogP contribution in [0.4, 0.5) is 0 Å². The van der Waals surface area contributed by atoms with Gasteiger partial charge in [0.2, 0.25) is 0 Å². The highest BCUT2D eigenvalue weighted by Gasteiger charge is 1.95. The summed E-state index contributed by atoms with van der Waals surface area (Å²) in [6, 6.07) is 0. The molecular formula is C7H7N3O. The van der Waals surface area contributed by atoms with Gasteiger partial charge in [-0.25, -0.2) is 0 Å². The Kier molecular flexibility index (Phi) is 2.28. The van der Waals surface area contributed by atoms with Crippen LogP contribution < -0.4 is 5.32 Å². The van der Waals surface area contributed by atoms with E-state index in [9.17, 15) is 4.79 Å². The van der Waals surface area contributed by atoms with Gasteiger partial charge in [-0.1, -0.05) is 0 Å². The second kappa shape index (κ2) is 3.42. The van der Waals surface area contributed by atoms with Crippen molar-refractivity contribution in [1.29, 1.82) is 0 Å². The molecule has 0 aromatic carbocycles. The Morgan fingerprint density at radius 3 is 3.27 bits per heavy atom. The molecule has 1 aromatic heterocycles. The van der Waals surface area contributed by atoms with E-state index >= 15 is 0 Å². The predicted molar refractivity (Wildman–Crippen MR) is 39.3 cm³/mol. The minimum absolute atomic E-state index is 0.411. The fraction of sp³-hybridized carbons (Fsp3) is 0.143. The molecule has 0 saturated carbocycles. The summed E-state index contributed by atoms with van der Waals surface area (Å²) in [5, 5.41) is 8.82. The summed E-state index contributed by atoms with van der Waals surface area (Å²) in [7, 11) is 0. The third kappa shape index (κ3) is 2.14. The third-order valence-corrected chi connectivity index (χ3v) is 1.14. The lowest BCUT2D eigenvalue weighted by Gasteiger charge is -1.94. The van der Waals surface area contributed by atoms with Crippen LogP contribution in [0.15, 0.2) is 12.4 Å². The van der Waals surface area contributed by atoms with Crippen LogP contribution in [-0.2, 0) is 11.3 Å². The van der Waals surface area contributed by atoms with Crippen LogP contribution in [0, 0.1) is 12.3 Å². The maximum atomic E-state index is 10.5. The zero-order chi connectivity index (χ0) is 8.10. The lowest BCUT2D eigenvalue weighted by molar-refractivity contribution is -0.115. The third-order valence-electron chi connectivity index (χ3n) is 1.14. The van der Waals surface area contributed by atoms with Gasteiger partial charge in [-0.15, -0.1) is 6.42 Å². The summed E-state index contributed by atoms with van der Waals surface area (Å²) < 4.78 is 0. The molecule has 1 amide bonds. The zero-order valence-corrected chi connectivity index (χ0v) is 5.79. The monoisotopic (exact) mass is 149 g/mol. The van der Waals surface area contributed by atoms with Crippen LogP contribution >= 0.6 is 0 Å². The summed E-state index contributed by atoms with van der Waals surface area (Å²) in [5.41, 5.74) is 0.897. The Labute approximate surface area is 64.0 Å². The number of nitrogens with one attached hydrogen (secondary N) is 2. The minimum atomic E-state index is -0.411. The van der Waals surface area contributed by atoms with Gasteiger partial charge in [-0.05, 0) is 5.92 Å². The van der Waals surface area contributed by atoms with Gasteiger partial charge >= 0.3 is 0 Å². The lowest BCUT2D eigenvalue weighted by atomic mass is 10.3. The fourth-order valence-electron chi connectivity index (χ4n) is 0.608. The van der Waals surface area contributed by atoms with Crippen molar-refractivity contribution in [2.75, 3.05) is 0 Å². The zero-order valence-electron chi connectivity index (χ0n) is 5.79. The van der Waals surface area contributed by atoms with Crippen LogP contribution in [-0.4, -0.2) is 16.1 Å². The normalized spacial score (nSPS) is 8.64. The molecule has 0 unspecified atom stereocenters. The molecule has 1 aromatic rings. The SMILES string of the molecule is C#CC(=O)NCc1cn[nH]c1. The number of terminal acetylenes is 1. The van der Waals surface area contributed by atoms with Crippen molar-refractivity contribution in [3.05, 3.63) is 18.0 Å². The summed E-state index contributed by atoms with van der Waals surface area (Å²) in [4.78, 5) is 10.5. The van der Waals surface area contributed by atoms with Gasteiger partial charge in [0.15, 0.2) is 0 Å². The number of nitrogens with zero attached hydrogens (tertiary/aromatic N) is 1. The molecule has 4 heteroatoms. The van der Waals surface area contributed by atoms with Crippen LogP contribution in [0.5, 0.6) is 0 Å². The van der Waals surface area contributed by atoms with Gasteiger partial charge in [-0.2, -0.15) is 5.10 Å². The quantitative estimate of drug-likeness (QED) is 0.565. The van der Waals surface area contributed by atoms with E-state index in [0.29, 0.717) is 6.54 Å². The van der Waals surface area contributed by atoms with E-state index in [2.05, 4.69) is 15.5 Å². The van der Waals surface area contributed by atoms with E-state index in [0.717, 1.165) is 5.56 Å². The number of carbonyl (C=O) groups is 1. The van der Waals surface area contributed by atoms with Crippen molar-refractivity contribution >= 4 is 5.91 Å². The summed E-state index contributed by atoms with van der Waals surface area (Å²) in [6.45, 7) is 0.416. The lowest BCUT2D eigenvalue weighted by Crippen LogP contribution is -2.20. The summed E-state index contributed by atoms with van der Waals surface area (Å²) in [5.74, 6) is 1.54. The highest BCUT2D eigenvalue weighted by Crippen LogP contribution is 1.90. The largest absolute Gasteiger partial charge is 0.341 e. The molecule has 0 atom stereocenters. The van der Waals surface area contributed by atoms with E-state index in [-0.39, 0.29) is 0 Å². The minimum Gasteiger partial charge on any atom is -0.341 e. The van der Waals surface area contributed by atoms with Crippen LogP contribution in [0.25, 0.3) is 0 Å².